The van der Waals surface area contributed by atoms with E-state index in [9.17, 15) is 18.0 Å². The molecule has 0 saturated carbocycles. The van der Waals surface area contributed by atoms with E-state index in [2.05, 4.69) is 10.2 Å². The van der Waals surface area contributed by atoms with Gasteiger partial charge in [0, 0.05) is 5.56 Å². The van der Waals surface area contributed by atoms with Gasteiger partial charge in [0.1, 0.15) is 0 Å². The molecule has 2 rings (SSSR count). The summed E-state index contributed by atoms with van der Waals surface area (Å²) in [6, 6.07) is 6.56. The summed E-state index contributed by atoms with van der Waals surface area (Å²) < 4.78 is 41.2. The van der Waals surface area contributed by atoms with Crippen molar-refractivity contribution < 1.29 is 22.4 Å². The van der Waals surface area contributed by atoms with Gasteiger partial charge in [0.2, 0.25) is 5.89 Å². The number of nitrogens with zero attached hydrogens (tertiary/aromatic N) is 2. The van der Waals surface area contributed by atoms with Crippen LogP contribution < -0.4 is 5.32 Å². The van der Waals surface area contributed by atoms with Gasteiger partial charge in [0.25, 0.3) is 0 Å². The summed E-state index contributed by atoms with van der Waals surface area (Å²) in [5.74, 6) is -1.78. The maximum atomic E-state index is 12.1. The number of carbonyl (C=O) groups is 1. The second kappa shape index (κ2) is 5.55. The van der Waals surface area contributed by atoms with Gasteiger partial charge in [0.05, 0.1) is 0 Å². The van der Waals surface area contributed by atoms with Crippen molar-refractivity contribution in [1.82, 2.24) is 10.2 Å². The zero-order valence-electron chi connectivity index (χ0n) is 11.2. The van der Waals surface area contributed by atoms with Crippen LogP contribution in [0.3, 0.4) is 0 Å². The van der Waals surface area contributed by atoms with E-state index in [1.54, 1.807) is 12.1 Å². The van der Waals surface area contributed by atoms with E-state index in [1.807, 2.05) is 26.0 Å². The van der Waals surface area contributed by atoms with Gasteiger partial charge in [-0.2, -0.15) is 13.2 Å². The van der Waals surface area contributed by atoms with Crippen LogP contribution in [-0.4, -0.2) is 22.3 Å². The predicted octanol–water partition coefficient (Wildman–Crippen LogP) is 3.36. The first-order valence-corrected chi connectivity index (χ1v) is 6.09. The number of hydrogen-bond acceptors (Lipinski definition) is 4. The molecule has 8 heteroatoms. The van der Waals surface area contributed by atoms with Gasteiger partial charge in [-0.15, -0.1) is 5.10 Å². The van der Waals surface area contributed by atoms with E-state index < -0.39 is 18.1 Å². The van der Waals surface area contributed by atoms with Crippen molar-refractivity contribution in [2.75, 3.05) is 5.32 Å². The van der Waals surface area contributed by atoms with Crippen molar-refractivity contribution >= 4 is 11.9 Å². The lowest BCUT2D eigenvalue weighted by molar-refractivity contribution is -0.167. The number of amides is 1. The fourth-order valence-corrected chi connectivity index (χ4v) is 1.57. The molecule has 0 unspecified atom stereocenters. The zero-order valence-corrected chi connectivity index (χ0v) is 11.2. The zero-order chi connectivity index (χ0) is 15.6. The topological polar surface area (TPSA) is 68.0 Å². The molecule has 1 amide bonds. The Labute approximate surface area is 118 Å². The number of benzene rings is 1. The van der Waals surface area contributed by atoms with E-state index >= 15 is 0 Å². The molecule has 21 heavy (non-hydrogen) atoms. The molecule has 0 aliphatic rings. The summed E-state index contributed by atoms with van der Waals surface area (Å²) >= 11 is 0. The van der Waals surface area contributed by atoms with Crippen LogP contribution >= 0.6 is 0 Å². The second-order valence-electron chi connectivity index (χ2n) is 4.64. The Bertz CT molecular complexity index is 633. The Hall–Kier alpha value is -2.38. The average Bonchev–Trinajstić information content (AvgIpc) is 2.86. The second-order valence-corrected chi connectivity index (χ2v) is 4.64. The molecular weight excluding hydrogens is 287 g/mol. The molecule has 2 aromatic rings. The number of aromatic nitrogens is 2. The Balaban J connectivity index is 2.14. The first-order chi connectivity index (χ1) is 9.77. The number of rotatable bonds is 3. The van der Waals surface area contributed by atoms with Crippen LogP contribution in [0.1, 0.15) is 25.3 Å². The SMILES string of the molecule is CC(C)c1ccc(-c2nnc(NC(=O)C(F)(F)F)o2)cc1. The Kier molecular flexibility index (Phi) is 3.97. The van der Waals surface area contributed by atoms with E-state index in [-0.39, 0.29) is 5.89 Å². The van der Waals surface area contributed by atoms with Crippen molar-refractivity contribution in [2.24, 2.45) is 0 Å². The fraction of sp³-hybridized carbons (Fsp3) is 0.308. The molecule has 0 saturated heterocycles. The van der Waals surface area contributed by atoms with Gasteiger partial charge >= 0.3 is 18.1 Å². The van der Waals surface area contributed by atoms with Crippen molar-refractivity contribution in [2.45, 2.75) is 25.9 Å². The van der Waals surface area contributed by atoms with Crippen molar-refractivity contribution in [3.05, 3.63) is 29.8 Å². The largest absolute Gasteiger partial charge is 0.471 e. The Morgan fingerprint density at radius 3 is 2.33 bits per heavy atom. The van der Waals surface area contributed by atoms with E-state index in [4.69, 9.17) is 4.42 Å². The number of hydrogen-bond donors (Lipinski definition) is 1. The number of halogens is 3. The molecule has 1 aromatic carbocycles. The lowest BCUT2D eigenvalue weighted by Crippen LogP contribution is -2.30. The minimum atomic E-state index is -5.01. The quantitative estimate of drug-likeness (QED) is 0.943. The molecule has 0 fully saturated rings. The van der Waals surface area contributed by atoms with E-state index in [0.29, 0.717) is 11.5 Å². The highest BCUT2D eigenvalue weighted by atomic mass is 19.4. The lowest BCUT2D eigenvalue weighted by atomic mass is 10.0. The third-order valence-corrected chi connectivity index (χ3v) is 2.73. The molecule has 0 radical (unpaired) electrons. The third-order valence-electron chi connectivity index (χ3n) is 2.73. The molecule has 1 aromatic heterocycles. The summed E-state index contributed by atoms with van der Waals surface area (Å²) in [5.41, 5.74) is 1.66. The monoisotopic (exact) mass is 299 g/mol. The van der Waals surface area contributed by atoms with Crippen LogP contribution in [0.15, 0.2) is 28.7 Å². The average molecular weight is 299 g/mol. The predicted molar refractivity (Wildman–Crippen MR) is 68.5 cm³/mol. The molecule has 1 N–H and O–H groups in total. The smallest absolute Gasteiger partial charge is 0.403 e. The normalized spacial score (nSPS) is 11.7. The third kappa shape index (κ3) is 3.59. The number of alkyl halides is 3. The first kappa shape index (κ1) is 15.0. The van der Waals surface area contributed by atoms with Crippen LogP contribution in [-0.2, 0) is 4.79 Å². The Morgan fingerprint density at radius 2 is 1.81 bits per heavy atom. The van der Waals surface area contributed by atoms with Crippen LogP contribution in [0.5, 0.6) is 0 Å². The summed E-state index contributed by atoms with van der Waals surface area (Å²) in [6.45, 7) is 4.07. The van der Waals surface area contributed by atoms with Gasteiger partial charge in [-0.1, -0.05) is 31.1 Å². The summed E-state index contributed by atoms with van der Waals surface area (Å²) in [5, 5.41) is 8.45. The van der Waals surface area contributed by atoms with Crippen LogP contribution in [0.4, 0.5) is 19.2 Å². The van der Waals surface area contributed by atoms with Crippen molar-refractivity contribution in [1.29, 1.82) is 0 Å². The number of anilines is 1. The molecule has 5 nitrogen and oxygen atoms in total. The summed E-state index contributed by atoms with van der Waals surface area (Å²) in [4.78, 5) is 10.7. The first-order valence-electron chi connectivity index (χ1n) is 6.09. The van der Waals surface area contributed by atoms with Gasteiger partial charge in [0.15, 0.2) is 0 Å². The lowest BCUT2D eigenvalue weighted by Gasteiger charge is -2.05. The van der Waals surface area contributed by atoms with E-state index in [0.717, 1.165) is 5.56 Å². The van der Waals surface area contributed by atoms with Gasteiger partial charge in [-0.3, -0.25) is 10.1 Å². The fourth-order valence-electron chi connectivity index (χ4n) is 1.57. The molecular formula is C13H12F3N3O2. The minimum absolute atomic E-state index is 0.0304. The summed E-state index contributed by atoms with van der Waals surface area (Å²) in [7, 11) is 0. The molecule has 112 valence electrons. The number of carbonyl (C=O) groups excluding carboxylic acids is 1. The van der Waals surface area contributed by atoms with Gasteiger partial charge in [-0.25, -0.2) is 0 Å². The van der Waals surface area contributed by atoms with Crippen molar-refractivity contribution in [3.63, 3.8) is 0 Å². The van der Waals surface area contributed by atoms with Gasteiger partial charge < -0.3 is 4.42 Å². The van der Waals surface area contributed by atoms with Gasteiger partial charge in [-0.05, 0) is 23.6 Å². The highest BCUT2D eigenvalue weighted by Crippen LogP contribution is 2.24. The van der Waals surface area contributed by atoms with E-state index in [1.165, 1.54) is 5.32 Å². The standard InChI is InChI=1S/C13H12F3N3O2/c1-7(2)8-3-5-9(6-4-8)10-18-19-12(21-10)17-11(20)13(14,15)16/h3-7H,1-2H3,(H,17,19,20). The maximum Gasteiger partial charge on any atom is 0.471 e. The molecule has 0 atom stereocenters. The van der Waals surface area contributed by atoms with Crippen LogP contribution in [0.2, 0.25) is 0 Å². The Morgan fingerprint density at radius 1 is 1.19 bits per heavy atom. The van der Waals surface area contributed by atoms with Crippen molar-refractivity contribution in [3.8, 4) is 11.5 Å². The minimum Gasteiger partial charge on any atom is -0.403 e. The molecule has 1 heterocycles. The molecule has 0 aliphatic heterocycles. The molecule has 0 spiro atoms. The van der Waals surface area contributed by atoms with Crippen LogP contribution in [0, 0.1) is 0 Å². The molecule has 0 aliphatic carbocycles. The number of nitrogens with one attached hydrogen (secondary N) is 1. The highest BCUT2D eigenvalue weighted by molar-refractivity contribution is 5.93. The summed E-state index contributed by atoms with van der Waals surface area (Å²) in [6.07, 6.45) is -5.01. The highest BCUT2D eigenvalue weighted by Gasteiger charge is 2.39. The maximum absolute atomic E-state index is 12.1. The molecule has 0 bridgehead atoms. The van der Waals surface area contributed by atoms with Crippen LogP contribution in [0.25, 0.3) is 11.5 Å².